The molecule has 0 amide bonds. The van der Waals surface area contributed by atoms with Crippen LogP contribution in [0.1, 0.15) is 24.0 Å². The van der Waals surface area contributed by atoms with Gasteiger partial charge in [0.05, 0.1) is 17.7 Å². The number of carbonyl (C=O) groups excluding carboxylic acids is 1. The van der Waals surface area contributed by atoms with Crippen molar-refractivity contribution in [2.75, 3.05) is 0 Å². The van der Waals surface area contributed by atoms with Gasteiger partial charge in [-0.3, -0.25) is 4.79 Å². The number of aliphatic hydroxyl groups excluding tert-OH is 1. The van der Waals surface area contributed by atoms with E-state index in [1.54, 1.807) is 5.41 Å². The molecule has 4 nitrogen and oxygen atoms in total. The van der Waals surface area contributed by atoms with Crippen molar-refractivity contribution in [3.05, 3.63) is 46.5 Å². The van der Waals surface area contributed by atoms with Crippen molar-refractivity contribution >= 4 is 27.6 Å². The fourth-order valence-electron chi connectivity index (χ4n) is 1.84. The van der Waals surface area contributed by atoms with E-state index in [0.717, 1.165) is 12.1 Å². The molecular formula is C15H14F3NO3S. The maximum Gasteiger partial charge on any atom is 0.416 e. The fraction of sp³-hybridized carbons (Fsp3) is 0.267. The number of alkyl halides is 3. The first-order chi connectivity index (χ1) is 10.8. The summed E-state index contributed by atoms with van der Waals surface area (Å²) in [6.45, 7) is -0.226. The standard InChI is InChI=1S/C15H14F3NO3S/c1-23-9-12(19-14(23)21)5-6-13(20)22-8-10-3-2-4-11(7-10)15(16,17)18/h2-4,7,9H,1,5-6,8H2,(H,19,21). The van der Waals surface area contributed by atoms with Crippen LogP contribution < -0.4 is 0 Å². The van der Waals surface area contributed by atoms with Crippen LogP contribution in [0.5, 0.6) is 0 Å². The summed E-state index contributed by atoms with van der Waals surface area (Å²) in [4.78, 5) is 15.5. The molecular weight excluding hydrogens is 331 g/mol. The Labute approximate surface area is 133 Å². The SMILES string of the molecule is C=S1C=C(CCC(=O)OCc2cccc(C(F)(F)F)c2)N=C1O. The third-order valence-electron chi connectivity index (χ3n) is 2.99. The first-order valence-electron chi connectivity index (χ1n) is 6.58. The molecule has 1 aromatic rings. The van der Waals surface area contributed by atoms with Gasteiger partial charge in [0.2, 0.25) is 5.23 Å². The summed E-state index contributed by atoms with van der Waals surface area (Å²) in [5, 5.41) is 10.9. The van der Waals surface area contributed by atoms with Crippen LogP contribution >= 0.6 is 10.5 Å². The van der Waals surface area contributed by atoms with E-state index in [2.05, 4.69) is 10.9 Å². The number of nitrogens with zero attached hydrogens (tertiary/aromatic N) is 1. The molecule has 0 fully saturated rings. The number of hydrogen-bond donors (Lipinski definition) is 1. The highest BCUT2D eigenvalue weighted by molar-refractivity contribution is 8.29. The molecule has 0 spiro atoms. The lowest BCUT2D eigenvalue weighted by molar-refractivity contribution is -0.144. The molecule has 0 saturated carbocycles. The molecule has 1 aliphatic heterocycles. The number of halogens is 3. The second-order valence-electron chi connectivity index (χ2n) is 4.79. The molecule has 1 heterocycles. The zero-order chi connectivity index (χ0) is 17.0. The van der Waals surface area contributed by atoms with E-state index in [0.29, 0.717) is 5.70 Å². The molecule has 0 aliphatic carbocycles. The van der Waals surface area contributed by atoms with Crippen molar-refractivity contribution in [2.24, 2.45) is 4.99 Å². The fourth-order valence-corrected chi connectivity index (χ4v) is 2.68. The quantitative estimate of drug-likeness (QED) is 0.648. The Morgan fingerprint density at radius 3 is 2.74 bits per heavy atom. The van der Waals surface area contributed by atoms with Crippen molar-refractivity contribution in [1.29, 1.82) is 0 Å². The highest BCUT2D eigenvalue weighted by atomic mass is 32.2. The third-order valence-corrected chi connectivity index (χ3v) is 4.11. The molecule has 1 aliphatic rings. The first-order valence-corrected chi connectivity index (χ1v) is 8.04. The Balaban J connectivity index is 1.83. The summed E-state index contributed by atoms with van der Waals surface area (Å²) in [6, 6.07) is 4.63. The van der Waals surface area contributed by atoms with Crippen LogP contribution in [0, 0.1) is 0 Å². The number of hydrogen-bond acceptors (Lipinski definition) is 3. The van der Waals surface area contributed by atoms with Gasteiger partial charge in [-0.1, -0.05) is 28.5 Å². The topological polar surface area (TPSA) is 58.9 Å². The highest BCUT2D eigenvalue weighted by Gasteiger charge is 2.30. The number of rotatable bonds is 5. The molecule has 124 valence electrons. The summed E-state index contributed by atoms with van der Waals surface area (Å²) in [6.07, 6.45) is -4.12. The number of aliphatic hydroxyl groups is 1. The van der Waals surface area contributed by atoms with Crippen LogP contribution in [0.25, 0.3) is 0 Å². The number of allylic oxidation sites excluding steroid dienone is 1. The largest absolute Gasteiger partial charge is 0.489 e. The second kappa shape index (κ2) is 6.99. The molecule has 0 saturated heterocycles. The number of aliphatic imine (C=N–C) groups is 1. The van der Waals surface area contributed by atoms with Crippen LogP contribution in [-0.2, 0) is 22.3 Å². The molecule has 2 rings (SSSR count). The van der Waals surface area contributed by atoms with Gasteiger partial charge in [-0.15, -0.1) is 0 Å². The smallest absolute Gasteiger partial charge is 0.416 e. The minimum atomic E-state index is -4.43. The van der Waals surface area contributed by atoms with Crippen molar-refractivity contribution in [2.45, 2.75) is 25.6 Å². The maximum atomic E-state index is 12.6. The third kappa shape index (κ3) is 4.95. The number of benzene rings is 1. The van der Waals surface area contributed by atoms with Gasteiger partial charge in [0, 0.05) is 6.42 Å². The van der Waals surface area contributed by atoms with Crippen molar-refractivity contribution in [3.63, 3.8) is 0 Å². The van der Waals surface area contributed by atoms with E-state index in [1.165, 1.54) is 12.1 Å². The number of carbonyl (C=O) groups is 1. The molecule has 23 heavy (non-hydrogen) atoms. The second-order valence-corrected chi connectivity index (χ2v) is 6.25. The molecule has 1 unspecified atom stereocenters. The summed E-state index contributed by atoms with van der Waals surface area (Å²) < 4.78 is 42.7. The van der Waals surface area contributed by atoms with Gasteiger partial charge in [-0.25, -0.2) is 4.99 Å². The van der Waals surface area contributed by atoms with E-state index in [-0.39, 0.29) is 30.2 Å². The Morgan fingerprint density at radius 1 is 1.39 bits per heavy atom. The van der Waals surface area contributed by atoms with E-state index in [1.807, 2.05) is 0 Å². The molecule has 1 atom stereocenters. The zero-order valence-corrected chi connectivity index (χ0v) is 12.8. The lowest BCUT2D eigenvalue weighted by Crippen LogP contribution is -2.07. The molecule has 0 bridgehead atoms. The van der Waals surface area contributed by atoms with Crippen LogP contribution in [0.2, 0.25) is 0 Å². The Hall–Kier alpha value is -2.09. The minimum Gasteiger partial charge on any atom is -0.489 e. The van der Waals surface area contributed by atoms with E-state index < -0.39 is 28.2 Å². The van der Waals surface area contributed by atoms with Crippen LogP contribution in [0.4, 0.5) is 13.2 Å². The average molecular weight is 345 g/mol. The average Bonchev–Trinajstić information content (AvgIpc) is 2.81. The Morgan fingerprint density at radius 2 is 2.13 bits per heavy atom. The van der Waals surface area contributed by atoms with Crippen molar-refractivity contribution in [3.8, 4) is 0 Å². The zero-order valence-electron chi connectivity index (χ0n) is 12.0. The van der Waals surface area contributed by atoms with E-state index in [4.69, 9.17) is 4.74 Å². The normalized spacial score (nSPS) is 17.6. The number of ether oxygens (including phenoxy) is 1. The van der Waals surface area contributed by atoms with Gasteiger partial charge >= 0.3 is 12.1 Å². The van der Waals surface area contributed by atoms with E-state index >= 15 is 0 Å². The molecule has 8 heteroatoms. The highest BCUT2D eigenvalue weighted by Crippen LogP contribution is 2.30. The molecule has 1 N–H and O–H groups in total. The molecule has 0 radical (unpaired) electrons. The minimum absolute atomic E-state index is 0.0266. The molecule has 1 aromatic carbocycles. The maximum absolute atomic E-state index is 12.6. The Bertz CT molecular complexity index is 695. The van der Waals surface area contributed by atoms with Gasteiger partial charge in [0.1, 0.15) is 6.61 Å². The van der Waals surface area contributed by atoms with Gasteiger partial charge < -0.3 is 9.84 Å². The Kier molecular flexibility index (Phi) is 5.25. The summed E-state index contributed by atoms with van der Waals surface area (Å²) >= 11 is 0. The van der Waals surface area contributed by atoms with Gasteiger partial charge in [0.15, 0.2) is 0 Å². The number of esters is 1. The van der Waals surface area contributed by atoms with Crippen LogP contribution in [0.15, 0.2) is 40.4 Å². The predicted octanol–water partition coefficient (Wildman–Crippen LogP) is 4.00. The monoisotopic (exact) mass is 345 g/mol. The van der Waals surface area contributed by atoms with Crippen molar-refractivity contribution in [1.82, 2.24) is 0 Å². The van der Waals surface area contributed by atoms with E-state index in [9.17, 15) is 23.1 Å². The lowest BCUT2D eigenvalue weighted by Gasteiger charge is -2.09. The summed E-state index contributed by atoms with van der Waals surface area (Å²) in [7, 11) is -0.672. The molecule has 0 aromatic heterocycles. The van der Waals surface area contributed by atoms with Crippen LogP contribution in [-0.4, -0.2) is 22.2 Å². The first kappa shape index (κ1) is 17.3. The lowest BCUT2D eigenvalue weighted by atomic mass is 10.1. The summed E-state index contributed by atoms with van der Waals surface area (Å²) in [5.41, 5.74) is 0.0366. The van der Waals surface area contributed by atoms with Gasteiger partial charge in [-0.05, 0) is 23.1 Å². The van der Waals surface area contributed by atoms with Gasteiger partial charge in [0.25, 0.3) is 0 Å². The summed E-state index contributed by atoms with van der Waals surface area (Å²) in [5.74, 6) is 3.12. The van der Waals surface area contributed by atoms with Crippen molar-refractivity contribution < 1.29 is 27.8 Å². The van der Waals surface area contributed by atoms with Crippen LogP contribution in [0.3, 0.4) is 0 Å². The van der Waals surface area contributed by atoms with Gasteiger partial charge in [-0.2, -0.15) is 13.2 Å². The predicted molar refractivity (Wildman–Crippen MR) is 83.3 cm³/mol.